The highest BCUT2D eigenvalue weighted by molar-refractivity contribution is 7.99. The minimum atomic E-state index is -0.491. The minimum absolute atomic E-state index is 0.00393. The summed E-state index contributed by atoms with van der Waals surface area (Å²) in [5.41, 5.74) is 1.52. The second-order valence-corrected chi connectivity index (χ2v) is 6.78. The molecule has 0 radical (unpaired) electrons. The SMILES string of the molecule is CCn1c(SCC(=O)OCc2ccc(OC)c(F)c2)nnc1-c1ccccc1. The van der Waals surface area contributed by atoms with Crippen molar-refractivity contribution >= 4 is 17.7 Å². The first-order chi connectivity index (χ1) is 13.6. The third kappa shape index (κ3) is 4.69. The predicted octanol–water partition coefficient (Wildman–Crippen LogP) is 3.95. The molecule has 0 spiro atoms. The zero-order valence-corrected chi connectivity index (χ0v) is 16.4. The Bertz CT molecular complexity index is 947. The molecular weight excluding hydrogens is 381 g/mol. The molecule has 0 aliphatic carbocycles. The van der Waals surface area contributed by atoms with Crippen LogP contribution in [0.25, 0.3) is 11.4 Å². The fraction of sp³-hybridized carbons (Fsp3) is 0.250. The average molecular weight is 401 g/mol. The molecule has 0 amide bonds. The number of halogens is 1. The molecule has 0 bridgehead atoms. The summed E-state index contributed by atoms with van der Waals surface area (Å²) in [4.78, 5) is 12.1. The Hall–Kier alpha value is -2.87. The Labute approximate surface area is 166 Å². The number of hydrogen-bond acceptors (Lipinski definition) is 6. The number of carbonyl (C=O) groups excluding carboxylic acids is 1. The van der Waals surface area contributed by atoms with Gasteiger partial charge in [-0.3, -0.25) is 4.79 Å². The first-order valence-electron chi connectivity index (χ1n) is 8.71. The largest absolute Gasteiger partial charge is 0.494 e. The van der Waals surface area contributed by atoms with Crippen LogP contribution in [0.4, 0.5) is 4.39 Å². The molecule has 6 nitrogen and oxygen atoms in total. The number of esters is 1. The van der Waals surface area contributed by atoms with Gasteiger partial charge in [0.05, 0.1) is 12.9 Å². The number of thioether (sulfide) groups is 1. The molecule has 0 aliphatic heterocycles. The van der Waals surface area contributed by atoms with Gasteiger partial charge in [0.1, 0.15) is 6.61 Å². The number of rotatable bonds is 8. The lowest BCUT2D eigenvalue weighted by Crippen LogP contribution is -2.09. The van der Waals surface area contributed by atoms with Crippen LogP contribution in [0.2, 0.25) is 0 Å². The standard InChI is InChI=1S/C20H20FN3O3S/c1-3-24-19(15-7-5-4-6-8-15)22-23-20(24)28-13-18(25)27-12-14-9-10-17(26-2)16(21)11-14/h4-11H,3,12-13H2,1-2H3. The highest BCUT2D eigenvalue weighted by Gasteiger charge is 2.15. The molecule has 1 heterocycles. The van der Waals surface area contributed by atoms with Crippen molar-refractivity contribution in [2.75, 3.05) is 12.9 Å². The zero-order valence-electron chi connectivity index (χ0n) is 15.6. The summed E-state index contributed by atoms with van der Waals surface area (Å²) >= 11 is 1.26. The smallest absolute Gasteiger partial charge is 0.316 e. The maximum Gasteiger partial charge on any atom is 0.316 e. The fourth-order valence-electron chi connectivity index (χ4n) is 2.61. The van der Waals surface area contributed by atoms with Gasteiger partial charge in [0.2, 0.25) is 0 Å². The lowest BCUT2D eigenvalue weighted by Gasteiger charge is -2.08. The van der Waals surface area contributed by atoms with Gasteiger partial charge in [0.25, 0.3) is 0 Å². The second-order valence-electron chi connectivity index (χ2n) is 5.83. The monoisotopic (exact) mass is 401 g/mol. The third-order valence-electron chi connectivity index (χ3n) is 4.00. The number of aromatic nitrogens is 3. The van der Waals surface area contributed by atoms with E-state index in [1.807, 2.05) is 41.8 Å². The first-order valence-corrected chi connectivity index (χ1v) is 9.70. The average Bonchev–Trinajstić information content (AvgIpc) is 3.14. The number of methoxy groups -OCH3 is 1. The highest BCUT2D eigenvalue weighted by atomic mass is 32.2. The lowest BCUT2D eigenvalue weighted by atomic mass is 10.2. The molecule has 3 aromatic rings. The molecule has 8 heteroatoms. The minimum Gasteiger partial charge on any atom is -0.494 e. The Kier molecular flexibility index (Phi) is 6.65. The van der Waals surface area contributed by atoms with Crippen molar-refractivity contribution in [1.29, 1.82) is 0 Å². The van der Waals surface area contributed by atoms with Gasteiger partial charge in [-0.15, -0.1) is 10.2 Å². The summed E-state index contributed by atoms with van der Waals surface area (Å²) in [5.74, 6) is 0.0976. The van der Waals surface area contributed by atoms with E-state index in [4.69, 9.17) is 9.47 Å². The molecule has 28 heavy (non-hydrogen) atoms. The Balaban J connectivity index is 1.57. The molecule has 0 unspecified atom stereocenters. The van der Waals surface area contributed by atoms with Gasteiger partial charge in [-0.1, -0.05) is 48.2 Å². The summed E-state index contributed by atoms with van der Waals surface area (Å²) < 4.78 is 25.7. The summed E-state index contributed by atoms with van der Waals surface area (Å²) in [7, 11) is 1.40. The van der Waals surface area contributed by atoms with Crippen LogP contribution >= 0.6 is 11.8 Å². The Morgan fingerprint density at radius 1 is 1.18 bits per heavy atom. The Morgan fingerprint density at radius 2 is 1.96 bits per heavy atom. The molecule has 1 aromatic heterocycles. The van der Waals surface area contributed by atoms with E-state index in [0.29, 0.717) is 17.3 Å². The van der Waals surface area contributed by atoms with Crippen LogP contribution in [0, 0.1) is 5.82 Å². The van der Waals surface area contributed by atoms with Gasteiger partial charge >= 0.3 is 5.97 Å². The van der Waals surface area contributed by atoms with Gasteiger partial charge in [-0.05, 0) is 24.6 Å². The van der Waals surface area contributed by atoms with Crippen LogP contribution in [-0.4, -0.2) is 33.6 Å². The predicted molar refractivity (Wildman–Crippen MR) is 105 cm³/mol. The van der Waals surface area contributed by atoms with E-state index >= 15 is 0 Å². The number of carbonyl (C=O) groups is 1. The molecule has 0 fully saturated rings. The molecular formula is C20H20FN3O3S. The number of nitrogens with zero attached hydrogens (tertiary/aromatic N) is 3. The van der Waals surface area contributed by atoms with E-state index in [-0.39, 0.29) is 18.1 Å². The van der Waals surface area contributed by atoms with Gasteiger partial charge in [-0.2, -0.15) is 0 Å². The summed E-state index contributed by atoms with van der Waals surface area (Å²) in [5, 5.41) is 9.08. The van der Waals surface area contributed by atoms with Crippen LogP contribution in [0.1, 0.15) is 12.5 Å². The van der Waals surface area contributed by atoms with Crippen LogP contribution in [0.3, 0.4) is 0 Å². The molecule has 2 aromatic carbocycles. The topological polar surface area (TPSA) is 66.2 Å². The molecule has 3 rings (SSSR count). The van der Waals surface area contributed by atoms with Crippen LogP contribution < -0.4 is 4.74 Å². The number of hydrogen-bond donors (Lipinski definition) is 0. The van der Waals surface area contributed by atoms with E-state index in [0.717, 1.165) is 11.4 Å². The Morgan fingerprint density at radius 3 is 2.64 bits per heavy atom. The van der Waals surface area contributed by atoms with E-state index < -0.39 is 11.8 Å². The number of benzene rings is 2. The van der Waals surface area contributed by atoms with E-state index in [1.165, 1.54) is 31.0 Å². The molecule has 0 saturated heterocycles. The number of ether oxygens (including phenoxy) is 2. The van der Waals surface area contributed by atoms with Crippen LogP contribution in [0.15, 0.2) is 53.7 Å². The van der Waals surface area contributed by atoms with Crippen LogP contribution in [-0.2, 0) is 22.7 Å². The van der Waals surface area contributed by atoms with Gasteiger partial charge in [0, 0.05) is 12.1 Å². The normalized spacial score (nSPS) is 10.7. The van der Waals surface area contributed by atoms with Crippen molar-refractivity contribution < 1.29 is 18.7 Å². The van der Waals surface area contributed by atoms with Crippen molar-refractivity contribution in [3.63, 3.8) is 0 Å². The molecule has 0 N–H and O–H groups in total. The summed E-state index contributed by atoms with van der Waals surface area (Å²) in [6, 6.07) is 14.2. The molecule has 0 aliphatic rings. The maximum atomic E-state index is 13.7. The molecule has 0 atom stereocenters. The van der Waals surface area contributed by atoms with E-state index in [2.05, 4.69) is 10.2 Å². The van der Waals surface area contributed by atoms with Gasteiger partial charge < -0.3 is 14.0 Å². The van der Waals surface area contributed by atoms with Crippen molar-refractivity contribution in [3.05, 3.63) is 59.9 Å². The van der Waals surface area contributed by atoms with Crippen LogP contribution in [0.5, 0.6) is 5.75 Å². The third-order valence-corrected chi connectivity index (χ3v) is 4.94. The van der Waals surface area contributed by atoms with Crippen molar-refractivity contribution in [2.24, 2.45) is 0 Å². The summed E-state index contributed by atoms with van der Waals surface area (Å²) in [6.45, 7) is 2.67. The molecule has 0 saturated carbocycles. The van der Waals surface area contributed by atoms with Gasteiger partial charge in [-0.25, -0.2) is 4.39 Å². The summed E-state index contributed by atoms with van der Waals surface area (Å²) in [6.07, 6.45) is 0. The molecule has 146 valence electrons. The lowest BCUT2D eigenvalue weighted by molar-refractivity contribution is -0.141. The maximum absolute atomic E-state index is 13.7. The van der Waals surface area contributed by atoms with Crippen molar-refractivity contribution in [3.8, 4) is 17.1 Å². The van der Waals surface area contributed by atoms with Gasteiger partial charge in [0.15, 0.2) is 22.5 Å². The fourth-order valence-corrected chi connectivity index (χ4v) is 3.41. The zero-order chi connectivity index (χ0) is 19.9. The first kappa shape index (κ1) is 19.9. The van der Waals surface area contributed by atoms with Crippen molar-refractivity contribution in [2.45, 2.75) is 25.2 Å². The highest BCUT2D eigenvalue weighted by Crippen LogP contribution is 2.24. The van der Waals surface area contributed by atoms with Crippen molar-refractivity contribution in [1.82, 2.24) is 14.8 Å². The van der Waals surface area contributed by atoms with E-state index in [1.54, 1.807) is 6.07 Å². The quantitative estimate of drug-likeness (QED) is 0.421. The van der Waals surface area contributed by atoms with E-state index in [9.17, 15) is 9.18 Å². The second kappa shape index (κ2) is 9.36.